The normalized spacial score (nSPS) is 29.9. The fourth-order valence-electron chi connectivity index (χ4n) is 3.80. The molecule has 4 heteroatoms. The van der Waals surface area contributed by atoms with Crippen molar-refractivity contribution in [1.82, 2.24) is 15.1 Å². The number of carbonyl (C=O) groups is 1. The smallest absolute Gasteiger partial charge is 0.241 e. The number of amides is 1. The highest BCUT2D eigenvalue weighted by Crippen LogP contribution is 2.35. The molecule has 116 valence electrons. The van der Waals surface area contributed by atoms with E-state index < -0.39 is 0 Å². The van der Waals surface area contributed by atoms with E-state index in [4.69, 9.17) is 0 Å². The molecule has 4 nitrogen and oxygen atoms in total. The van der Waals surface area contributed by atoms with Gasteiger partial charge in [-0.25, -0.2) is 0 Å². The van der Waals surface area contributed by atoms with Crippen molar-refractivity contribution in [3.8, 4) is 0 Å². The summed E-state index contributed by atoms with van der Waals surface area (Å²) in [6.45, 7) is 7.36. The second kappa shape index (κ2) is 6.02. The summed E-state index contributed by atoms with van der Waals surface area (Å²) in [6, 6.07) is 0.0191. The fourth-order valence-corrected chi connectivity index (χ4v) is 3.80. The van der Waals surface area contributed by atoms with Crippen LogP contribution < -0.4 is 5.32 Å². The van der Waals surface area contributed by atoms with Gasteiger partial charge in [0.1, 0.15) is 0 Å². The molecule has 1 N–H and O–H groups in total. The summed E-state index contributed by atoms with van der Waals surface area (Å²) in [7, 11) is 4.32. The summed E-state index contributed by atoms with van der Waals surface area (Å²) in [5, 5.41) is 3.47. The van der Waals surface area contributed by atoms with Crippen LogP contribution in [-0.2, 0) is 4.79 Å². The van der Waals surface area contributed by atoms with E-state index in [0.29, 0.717) is 11.8 Å². The maximum atomic E-state index is 12.6. The molecular weight excluding hydrogens is 250 g/mol. The first kappa shape index (κ1) is 15.8. The number of hydrogen-bond acceptors (Lipinski definition) is 3. The molecule has 2 rings (SSSR count). The zero-order valence-corrected chi connectivity index (χ0v) is 13.8. The minimum absolute atomic E-state index is 0.0191. The van der Waals surface area contributed by atoms with Crippen LogP contribution in [0.2, 0.25) is 0 Å². The second-order valence-electron chi connectivity index (χ2n) is 7.32. The average molecular weight is 281 g/mol. The van der Waals surface area contributed by atoms with Crippen molar-refractivity contribution in [2.24, 2.45) is 5.92 Å². The van der Waals surface area contributed by atoms with Gasteiger partial charge in [0.15, 0.2) is 0 Å². The summed E-state index contributed by atoms with van der Waals surface area (Å²) >= 11 is 0. The van der Waals surface area contributed by atoms with Gasteiger partial charge < -0.3 is 9.80 Å². The zero-order valence-electron chi connectivity index (χ0n) is 13.8. The third-order valence-electron chi connectivity index (χ3n) is 5.15. The lowest BCUT2D eigenvalue weighted by molar-refractivity contribution is -0.131. The number of nitrogens with zero attached hydrogens (tertiary/aromatic N) is 2. The molecule has 0 radical (unpaired) electrons. The maximum absolute atomic E-state index is 12.6. The number of hydrogen-bond donors (Lipinski definition) is 1. The molecule has 1 amide bonds. The molecule has 2 fully saturated rings. The summed E-state index contributed by atoms with van der Waals surface area (Å²) in [5.74, 6) is 0.859. The molecule has 2 unspecified atom stereocenters. The van der Waals surface area contributed by atoms with Gasteiger partial charge in [0.2, 0.25) is 5.91 Å². The van der Waals surface area contributed by atoms with Gasteiger partial charge in [0.05, 0.1) is 12.2 Å². The number of rotatable bonds is 5. The lowest BCUT2D eigenvalue weighted by Crippen LogP contribution is -2.53. The third kappa shape index (κ3) is 3.01. The van der Waals surface area contributed by atoms with E-state index in [9.17, 15) is 4.79 Å². The number of likely N-dealkylation sites (N-methyl/N-ethyl adjacent to an activating group) is 1. The van der Waals surface area contributed by atoms with Crippen molar-refractivity contribution >= 4 is 5.91 Å². The standard InChI is InChI=1S/C16H31N3O/c1-12(2)10-14-15(20)19(13(3)17-14)11-16(18(4)5)8-6-7-9-16/h12-14,17H,6-11H2,1-5H3. The van der Waals surface area contributed by atoms with Crippen LogP contribution in [0.15, 0.2) is 0 Å². The SMILES string of the molecule is CC(C)CC1NC(C)N(CC2(N(C)C)CCCC2)C1=O. The van der Waals surface area contributed by atoms with Gasteiger partial charge in [-0.3, -0.25) is 10.1 Å². The third-order valence-corrected chi connectivity index (χ3v) is 5.15. The van der Waals surface area contributed by atoms with Gasteiger partial charge in [-0.1, -0.05) is 26.7 Å². The van der Waals surface area contributed by atoms with Crippen LogP contribution in [0.1, 0.15) is 52.9 Å². The van der Waals surface area contributed by atoms with Gasteiger partial charge in [-0.05, 0) is 46.2 Å². The lowest BCUT2D eigenvalue weighted by Gasteiger charge is -2.40. The molecule has 0 spiro atoms. The Morgan fingerprint density at radius 2 is 1.95 bits per heavy atom. The molecule has 1 aliphatic carbocycles. The van der Waals surface area contributed by atoms with E-state index in [0.717, 1.165) is 13.0 Å². The van der Waals surface area contributed by atoms with Crippen LogP contribution in [0.5, 0.6) is 0 Å². The van der Waals surface area contributed by atoms with Crippen molar-refractivity contribution < 1.29 is 4.79 Å². The molecule has 1 saturated carbocycles. The summed E-state index contributed by atoms with van der Waals surface area (Å²) in [6.07, 6.45) is 6.11. The Hall–Kier alpha value is -0.610. The molecule has 0 bridgehead atoms. The maximum Gasteiger partial charge on any atom is 0.241 e. The van der Waals surface area contributed by atoms with Crippen molar-refractivity contribution in [3.63, 3.8) is 0 Å². The zero-order chi connectivity index (χ0) is 14.9. The van der Waals surface area contributed by atoms with E-state index in [1.165, 1.54) is 25.7 Å². The predicted octanol–water partition coefficient (Wildman–Crippen LogP) is 2.05. The Morgan fingerprint density at radius 1 is 1.35 bits per heavy atom. The Labute approximate surface area is 123 Å². The molecule has 2 aliphatic rings. The first-order valence-corrected chi connectivity index (χ1v) is 8.10. The van der Waals surface area contributed by atoms with Gasteiger partial charge in [0.25, 0.3) is 0 Å². The van der Waals surface area contributed by atoms with Crippen LogP contribution in [-0.4, -0.2) is 54.1 Å². The first-order valence-electron chi connectivity index (χ1n) is 8.10. The Bertz CT molecular complexity index is 348. The van der Waals surface area contributed by atoms with Crippen molar-refractivity contribution in [2.75, 3.05) is 20.6 Å². The quantitative estimate of drug-likeness (QED) is 0.838. The van der Waals surface area contributed by atoms with Crippen LogP contribution in [0.25, 0.3) is 0 Å². The van der Waals surface area contributed by atoms with E-state index in [-0.39, 0.29) is 17.7 Å². The Balaban J connectivity index is 2.06. The minimum Gasteiger partial charge on any atom is -0.324 e. The lowest BCUT2D eigenvalue weighted by atomic mass is 9.94. The molecule has 0 aromatic rings. The fraction of sp³-hybridized carbons (Fsp3) is 0.938. The average Bonchev–Trinajstić information content (AvgIpc) is 2.91. The topological polar surface area (TPSA) is 35.6 Å². The van der Waals surface area contributed by atoms with Gasteiger partial charge in [-0.15, -0.1) is 0 Å². The van der Waals surface area contributed by atoms with Crippen LogP contribution in [0, 0.1) is 5.92 Å². The first-order chi connectivity index (χ1) is 9.35. The van der Waals surface area contributed by atoms with E-state index in [2.05, 4.69) is 50.0 Å². The van der Waals surface area contributed by atoms with Gasteiger partial charge in [-0.2, -0.15) is 0 Å². The monoisotopic (exact) mass is 281 g/mol. The van der Waals surface area contributed by atoms with Crippen molar-refractivity contribution in [1.29, 1.82) is 0 Å². The second-order valence-corrected chi connectivity index (χ2v) is 7.32. The number of carbonyl (C=O) groups excluding carboxylic acids is 1. The van der Waals surface area contributed by atoms with Crippen molar-refractivity contribution in [3.05, 3.63) is 0 Å². The van der Waals surface area contributed by atoms with Gasteiger partial charge >= 0.3 is 0 Å². The molecule has 1 heterocycles. The Morgan fingerprint density at radius 3 is 2.45 bits per heavy atom. The molecule has 20 heavy (non-hydrogen) atoms. The van der Waals surface area contributed by atoms with Crippen LogP contribution in [0.4, 0.5) is 0 Å². The van der Waals surface area contributed by atoms with E-state index >= 15 is 0 Å². The van der Waals surface area contributed by atoms with Gasteiger partial charge in [0, 0.05) is 12.1 Å². The minimum atomic E-state index is 0.0191. The number of nitrogens with one attached hydrogen (secondary N) is 1. The highest BCUT2D eigenvalue weighted by Gasteiger charge is 2.44. The highest BCUT2D eigenvalue weighted by molar-refractivity contribution is 5.84. The van der Waals surface area contributed by atoms with Crippen molar-refractivity contribution in [2.45, 2.75) is 70.6 Å². The predicted molar refractivity (Wildman–Crippen MR) is 82.4 cm³/mol. The largest absolute Gasteiger partial charge is 0.324 e. The molecule has 2 atom stereocenters. The highest BCUT2D eigenvalue weighted by atomic mass is 16.2. The Kier molecular flexibility index (Phi) is 4.75. The summed E-state index contributed by atoms with van der Waals surface area (Å²) < 4.78 is 0. The van der Waals surface area contributed by atoms with E-state index in [1.807, 2.05) is 0 Å². The van der Waals surface area contributed by atoms with Crippen LogP contribution in [0.3, 0.4) is 0 Å². The summed E-state index contributed by atoms with van der Waals surface area (Å²) in [5.41, 5.74) is 0.193. The van der Waals surface area contributed by atoms with E-state index in [1.54, 1.807) is 0 Å². The summed E-state index contributed by atoms with van der Waals surface area (Å²) in [4.78, 5) is 17.1. The molecule has 1 aliphatic heterocycles. The molecule has 0 aromatic carbocycles. The molecule has 1 saturated heterocycles. The molecule has 0 aromatic heterocycles. The van der Waals surface area contributed by atoms with Crippen LogP contribution >= 0.6 is 0 Å². The molecular formula is C16H31N3O.